The maximum atomic E-state index is 6.08. The van der Waals surface area contributed by atoms with E-state index in [0.717, 1.165) is 12.5 Å². The zero-order valence-corrected chi connectivity index (χ0v) is 13.7. The van der Waals surface area contributed by atoms with E-state index >= 15 is 0 Å². The summed E-state index contributed by atoms with van der Waals surface area (Å²) in [5.41, 5.74) is 7.46. The predicted molar refractivity (Wildman–Crippen MR) is 89.0 cm³/mol. The van der Waals surface area contributed by atoms with Crippen LogP contribution in [0.2, 0.25) is 0 Å². The van der Waals surface area contributed by atoms with Gasteiger partial charge < -0.3 is 5.73 Å². The molecule has 1 aromatic heterocycles. The molecule has 118 valence electrons. The summed E-state index contributed by atoms with van der Waals surface area (Å²) in [7, 11) is 0. The van der Waals surface area contributed by atoms with Crippen LogP contribution in [-0.4, -0.2) is 28.5 Å². The lowest BCUT2D eigenvalue weighted by molar-refractivity contribution is 0.117. The Morgan fingerprint density at radius 1 is 1.14 bits per heavy atom. The monoisotopic (exact) mass is 289 g/mol. The zero-order chi connectivity index (χ0) is 15.1. The first-order chi connectivity index (χ1) is 10.2. The normalized spacial score (nSPS) is 22.9. The van der Waals surface area contributed by atoms with E-state index in [9.17, 15) is 0 Å². The third-order valence-corrected chi connectivity index (χ3v) is 5.04. The van der Waals surface area contributed by atoms with Crippen molar-refractivity contribution in [3.05, 3.63) is 30.1 Å². The van der Waals surface area contributed by atoms with Gasteiger partial charge in [0.2, 0.25) is 0 Å². The van der Waals surface area contributed by atoms with Gasteiger partial charge in [-0.1, -0.05) is 26.7 Å². The summed E-state index contributed by atoms with van der Waals surface area (Å²) in [5.74, 6) is 0.808. The first-order valence-electron chi connectivity index (χ1n) is 8.61. The van der Waals surface area contributed by atoms with E-state index in [0.29, 0.717) is 12.1 Å². The van der Waals surface area contributed by atoms with Gasteiger partial charge in [-0.15, -0.1) is 0 Å². The minimum Gasteiger partial charge on any atom is -0.328 e. The summed E-state index contributed by atoms with van der Waals surface area (Å²) >= 11 is 0. The molecule has 0 atom stereocenters. The topological polar surface area (TPSA) is 42.2 Å². The van der Waals surface area contributed by atoms with Gasteiger partial charge in [0.25, 0.3) is 0 Å². The summed E-state index contributed by atoms with van der Waals surface area (Å²) in [6, 6.07) is 5.43. The second-order valence-corrected chi connectivity index (χ2v) is 6.54. The fraction of sp³-hybridized carbons (Fsp3) is 0.722. The highest BCUT2D eigenvalue weighted by molar-refractivity contribution is 5.09. The molecule has 0 spiro atoms. The molecule has 0 aliphatic heterocycles. The van der Waals surface area contributed by atoms with Crippen molar-refractivity contribution in [2.24, 2.45) is 11.7 Å². The summed E-state index contributed by atoms with van der Waals surface area (Å²) < 4.78 is 0. The number of nitrogens with two attached hydrogens (primary N) is 1. The summed E-state index contributed by atoms with van der Waals surface area (Å²) in [6.07, 6.45) is 11.2. The molecule has 2 rings (SSSR count). The Morgan fingerprint density at radius 3 is 2.33 bits per heavy atom. The van der Waals surface area contributed by atoms with Gasteiger partial charge in [0.15, 0.2) is 0 Å². The second-order valence-electron chi connectivity index (χ2n) is 6.54. The molecule has 0 aromatic carbocycles. The largest absolute Gasteiger partial charge is 0.328 e. The first-order valence-corrected chi connectivity index (χ1v) is 8.61. The van der Waals surface area contributed by atoms with Crippen LogP contribution in [-0.2, 0) is 6.54 Å². The van der Waals surface area contributed by atoms with Gasteiger partial charge in [0.1, 0.15) is 0 Å². The van der Waals surface area contributed by atoms with Gasteiger partial charge in [0, 0.05) is 37.6 Å². The Hall–Kier alpha value is -0.930. The number of nitrogens with zero attached hydrogens (tertiary/aromatic N) is 2. The number of rotatable bonds is 7. The molecule has 1 aromatic rings. The molecule has 2 N–H and O–H groups in total. The molecule has 0 amide bonds. The molecule has 1 aliphatic rings. The lowest BCUT2D eigenvalue weighted by Gasteiger charge is -2.38. The van der Waals surface area contributed by atoms with Crippen LogP contribution in [0.15, 0.2) is 24.5 Å². The van der Waals surface area contributed by atoms with Crippen molar-refractivity contribution >= 4 is 0 Å². The maximum Gasteiger partial charge on any atom is 0.0271 e. The van der Waals surface area contributed by atoms with Crippen molar-refractivity contribution in [2.45, 2.75) is 71.0 Å². The summed E-state index contributed by atoms with van der Waals surface area (Å²) in [5, 5.41) is 0. The molecule has 1 heterocycles. The minimum atomic E-state index is 0.428. The fourth-order valence-electron chi connectivity index (χ4n) is 3.41. The van der Waals surface area contributed by atoms with Crippen molar-refractivity contribution in [2.75, 3.05) is 6.54 Å². The van der Waals surface area contributed by atoms with E-state index in [2.05, 4.69) is 35.9 Å². The fourth-order valence-corrected chi connectivity index (χ4v) is 3.41. The highest BCUT2D eigenvalue weighted by atomic mass is 15.2. The quantitative estimate of drug-likeness (QED) is 0.834. The molecule has 3 heteroatoms. The molecule has 1 saturated carbocycles. The molecule has 1 aliphatic carbocycles. The predicted octanol–water partition coefficient (Wildman–Crippen LogP) is 3.59. The molecule has 3 nitrogen and oxygen atoms in total. The van der Waals surface area contributed by atoms with E-state index < -0.39 is 0 Å². The molecule has 0 unspecified atom stereocenters. The van der Waals surface area contributed by atoms with Crippen LogP contribution >= 0.6 is 0 Å². The number of pyridine rings is 1. The highest BCUT2D eigenvalue weighted by Crippen LogP contribution is 2.25. The first kappa shape index (κ1) is 16.4. The molecular weight excluding hydrogens is 258 g/mol. The van der Waals surface area contributed by atoms with Crippen LogP contribution in [0.25, 0.3) is 0 Å². The van der Waals surface area contributed by atoms with Crippen molar-refractivity contribution in [3.8, 4) is 0 Å². The van der Waals surface area contributed by atoms with Crippen molar-refractivity contribution in [1.29, 1.82) is 0 Å². The van der Waals surface area contributed by atoms with Crippen LogP contribution in [0.1, 0.15) is 57.9 Å². The zero-order valence-electron chi connectivity index (χ0n) is 13.7. The molecule has 0 bridgehead atoms. The summed E-state index contributed by atoms with van der Waals surface area (Å²) in [4.78, 5) is 6.84. The van der Waals surface area contributed by atoms with Crippen molar-refractivity contribution in [1.82, 2.24) is 9.88 Å². The van der Waals surface area contributed by atoms with E-state index in [1.807, 2.05) is 12.4 Å². The summed E-state index contributed by atoms with van der Waals surface area (Å²) in [6.45, 7) is 6.90. The Balaban J connectivity index is 2.02. The third-order valence-electron chi connectivity index (χ3n) is 5.04. The standard InChI is InChI=1S/C18H31N3/c1-3-15(4-2)13-21(14-16-9-11-20-12-10-16)18-7-5-17(19)6-8-18/h9-12,15,17-18H,3-8,13-14,19H2,1-2H3. The van der Waals surface area contributed by atoms with Crippen LogP contribution in [0.3, 0.4) is 0 Å². The van der Waals surface area contributed by atoms with Gasteiger partial charge in [0.05, 0.1) is 0 Å². The smallest absolute Gasteiger partial charge is 0.0271 e. The van der Waals surface area contributed by atoms with Crippen molar-refractivity contribution in [3.63, 3.8) is 0 Å². The SMILES string of the molecule is CCC(CC)CN(Cc1ccncc1)C1CCC(N)CC1. The van der Waals surface area contributed by atoms with Gasteiger partial charge in [-0.05, 0) is 49.3 Å². The maximum absolute atomic E-state index is 6.08. The Kier molecular flexibility index (Phi) is 6.65. The van der Waals surface area contributed by atoms with Crippen LogP contribution in [0.4, 0.5) is 0 Å². The van der Waals surface area contributed by atoms with Gasteiger partial charge in [-0.25, -0.2) is 0 Å². The van der Waals surface area contributed by atoms with E-state index in [1.54, 1.807) is 0 Å². The molecule has 1 fully saturated rings. The Bertz CT molecular complexity index is 381. The molecular formula is C18H31N3. The number of hydrogen-bond acceptors (Lipinski definition) is 3. The molecule has 0 saturated heterocycles. The lowest BCUT2D eigenvalue weighted by Crippen LogP contribution is -2.42. The Morgan fingerprint density at radius 2 is 1.76 bits per heavy atom. The molecule has 21 heavy (non-hydrogen) atoms. The van der Waals surface area contributed by atoms with Gasteiger partial charge in [-0.3, -0.25) is 9.88 Å². The van der Waals surface area contributed by atoms with E-state index in [4.69, 9.17) is 5.73 Å². The Labute approximate surface area is 129 Å². The van der Waals surface area contributed by atoms with Crippen LogP contribution in [0, 0.1) is 5.92 Å². The average Bonchev–Trinajstić information content (AvgIpc) is 2.53. The van der Waals surface area contributed by atoms with E-state index in [-0.39, 0.29) is 0 Å². The number of aromatic nitrogens is 1. The minimum absolute atomic E-state index is 0.428. The lowest BCUT2D eigenvalue weighted by atomic mass is 9.89. The van der Waals surface area contributed by atoms with Gasteiger partial charge >= 0.3 is 0 Å². The van der Waals surface area contributed by atoms with Crippen molar-refractivity contribution < 1.29 is 0 Å². The van der Waals surface area contributed by atoms with Gasteiger partial charge in [-0.2, -0.15) is 0 Å². The third kappa shape index (κ3) is 5.08. The second kappa shape index (κ2) is 8.50. The average molecular weight is 289 g/mol. The van der Waals surface area contributed by atoms with Crippen LogP contribution in [0.5, 0.6) is 0 Å². The van der Waals surface area contributed by atoms with E-state index in [1.165, 1.54) is 50.6 Å². The molecule has 0 radical (unpaired) electrons. The highest BCUT2D eigenvalue weighted by Gasteiger charge is 2.25. The number of hydrogen-bond donors (Lipinski definition) is 1. The van der Waals surface area contributed by atoms with Crippen LogP contribution < -0.4 is 5.73 Å².